The fourth-order valence-corrected chi connectivity index (χ4v) is 6.02. The van der Waals surface area contributed by atoms with E-state index >= 15 is 0 Å². The Morgan fingerprint density at radius 2 is 1.85 bits per heavy atom. The van der Waals surface area contributed by atoms with Crippen molar-refractivity contribution in [3.05, 3.63) is 74.9 Å². The highest BCUT2D eigenvalue weighted by atomic mass is 32.1. The van der Waals surface area contributed by atoms with Crippen LogP contribution < -0.4 is 4.90 Å². The van der Waals surface area contributed by atoms with Crippen molar-refractivity contribution in [3.63, 3.8) is 0 Å². The Morgan fingerprint density at radius 1 is 1.10 bits per heavy atom. The second-order valence-corrected chi connectivity index (χ2v) is 10.7. The van der Waals surface area contributed by atoms with Crippen molar-refractivity contribution >= 4 is 28.6 Å². The number of nitro benzene ring substituents is 1. The first-order chi connectivity index (χ1) is 19.4. The van der Waals surface area contributed by atoms with Crippen molar-refractivity contribution in [1.29, 1.82) is 0 Å². The maximum atomic E-state index is 12.9. The molecule has 3 heterocycles. The summed E-state index contributed by atoms with van der Waals surface area (Å²) in [6.07, 6.45) is 2.36. The van der Waals surface area contributed by atoms with Crippen LogP contribution >= 0.6 is 11.3 Å². The van der Waals surface area contributed by atoms with Crippen LogP contribution in [0.3, 0.4) is 0 Å². The molecule has 5 rings (SSSR count). The van der Waals surface area contributed by atoms with Crippen LogP contribution in [0.1, 0.15) is 49.9 Å². The van der Waals surface area contributed by atoms with Crippen LogP contribution in [0.5, 0.6) is 0 Å². The average molecular weight is 561 g/mol. The minimum absolute atomic E-state index is 0.0408. The van der Waals surface area contributed by atoms with Gasteiger partial charge in [0, 0.05) is 79.3 Å². The molecule has 2 aromatic carbocycles. The summed E-state index contributed by atoms with van der Waals surface area (Å²) in [5.41, 5.74) is 3.82. The van der Waals surface area contributed by atoms with Crippen LogP contribution in [0.15, 0.2) is 58.4 Å². The van der Waals surface area contributed by atoms with Crippen molar-refractivity contribution in [1.82, 2.24) is 20.0 Å². The van der Waals surface area contributed by atoms with E-state index < -0.39 is 4.92 Å². The maximum Gasteiger partial charge on any atom is 0.270 e. The number of non-ortho nitro benzene ring substituents is 1. The highest BCUT2D eigenvalue weighted by molar-refractivity contribution is 7.10. The Bertz CT molecular complexity index is 1460. The molecule has 208 valence electrons. The number of nitrogens with zero attached hydrogens (tertiary/aromatic N) is 6. The Morgan fingerprint density at radius 3 is 2.55 bits per heavy atom. The van der Waals surface area contributed by atoms with E-state index in [9.17, 15) is 14.9 Å². The van der Waals surface area contributed by atoms with Gasteiger partial charge in [-0.05, 0) is 38.8 Å². The first kappa shape index (κ1) is 27.4. The van der Waals surface area contributed by atoms with Gasteiger partial charge in [-0.2, -0.15) is 4.98 Å². The molecule has 0 atom stereocenters. The Labute approximate surface area is 236 Å². The molecule has 0 unspecified atom stereocenters. The number of aryl methyl sites for hydroxylation is 1. The van der Waals surface area contributed by atoms with Gasteiger partial charge in [-0.1, -0.05) is 29.4 Å². The molecule has 0 radical (unpaired) electrons. The zero-order chi connectivity index (χ0) is 28.1. The van der Waals surface area contributed by atoms with Gasteiger partial charge < -0.3 is 14.3 Å². The number of thiazole rings is 1. The van der Waals surface area contributed by atoms with Gasteiger partial charge in [-0.15, -0.1) is 11.3 Å². The van der Waals surface area contributed by atoms with E-state index in [1.54, 1.807) is 23.5 Å². The Kier molecular flexibility index (Phi) is 8.49. The van der Waals surface area contributed by atoms with E-state index in [0.717, 1.165) is 42.2 Å². The lowest BCUT2D eigenvalue weighted by atomic mass is 9.97. The zero-order valence-corrected chi connectivity index (χ0v) is 23.5. The molecule has 0 aliphatic carbocycles. The number of piperidine rings is 1. The summed E-state index contributed by atoms with van der Waals surface area (Å²) in [6.45, 7) is 7.68. The van der Waals surface area contributed by atoms with E-state index in [0.29, 0.717) is 36.9 Å². The number of nitro groups is 1. The molecule has 0 saturated carbocycles. The summed E-state index contributed by atoms with van der Waals surface area (Å²) in [5, 5.41) is 18.2. The molecule has 4 aromatic rings. The summed E-state index contributed by atoms with van der Waals surface area (Å²) in [6, 6.07) is 14.7. The predicted molar refractivity (Wildman–Crippen MR) is 154 cm³/mol. The predicted octanol–water partition coefficient (Wildman–Crippen LogP) is 5.95. The summed E-state index contributed by atoms with van der Waals surface area (Å²) in [4.78, 5) is 36.9. The number of carbonyl (C=O) groups excluding carboxylic acids is 1. The number of carbonyl (C=O) groups is 1. The van der Waals surface area contributed by atoms with Gasteiger partial charge in [0.15, 0.2) is 0 Å². The first-order valence-electron chi connectivity index (χ1n) is 13.6. The van der Waals surface area contributed by atoms with Crippen molar-refractivity contribution in [2.24, 2.45) is 0 Å². The van der Waals surface area contributed by atoms with Crippen LogP contribution in [-0.4, -0.2) is 57.0 Å². The SMILES string of the molecule is CCN(CC)c1ccc(-c2csc(C3CCN(C(=O)CCc4nc(-c5cccc([N+](=O)[O-])c5)no4)CC3)n2)cc1. The normalized spacial score (nSPS) is 13.9. The third-order valence-electron chi connectivity index (χ3n) is 7.35. The monoisotopic (exact) mass is 560 g/mol. The quantitative estimate of drug-likeness (QED) is 0.172. The number of hydrogen-bond acceptors (Lipinski definition) is 9. The average Bonchev–Trinajstić information content (AvgIpc) is 3.68. The van der Waals surface area contributed by atoms with Crippen molar-refractivity contribution in [3.8, 4) is 22.6 Å². The molecule has 1 aliphatic heterocycles. The van der Waals surface area contributed by atoms with E-state index in [2.05, 4.69) is 58.5 Å². The lowest BCUT2D eigenvalue weighted by molar-refractivity contribution is -0.384. The number of benzene rings is 2. The van der Waals surface area contributed by atoms with E-state index in [1.807, 2.05) is 4.90 Å². The molecule has 0 N–H and O–H groups in total. The Hall–Kier alpha value is -4.12. The third kappa shape index (κ3) is 6.20. The fraction of sp³-hybridized carbons (Fsp3) is 0.379. The number of rotatable bonds is 10. The van der Waals surface area contributed by atoms with E-state index in [-0.39, 0.29) is 23.8 Å². The molecular weight excluding hydrogens is 528 g/mol. The maximum absolute atomic E-state index is 12.9. The molecule has 1 aliphatic rings. The fourth-order valence-electron chi connectivity index (χ4n) is 5.02. The lowest BCUT2D eigenvalue weighted by Crippen LogP contribution is -2.38. The summed E-state index contributed by atoms with van der Waals surface area (Å²) in [5.74, 6) is 1.02. The van der Waals surface area contributed by atoms with Crippen molar-refractivity contribution < 1.29 is 14.2 Å². The number of amides is 1. The highest BCUT2D eigenvalue weighted by Gasteiger charge is 2.26. The smallest absolute Gasteiger partial charge is 0.270 e. The molecule has 40 heavy (non-hydrogen) atoms. The first-order valence-corrected chi connectivity index (χ1v) is 14.5. The summed E-state index contributed by atoms with van der Waals surface area (Å²) >= 11 is 1.70. The van der Waals surface area contributed by atoms with Gasteiger partial charge >= 0.3 is 0 Å². The molecule has 1 amide bonds. The van der Waals surface area contributed by atoms with Crippen LogP contribution in [0.2, 0.25) is 0 Å². The van der Waals surface area contributed by atoms with Gasteiger partial charge in [-0.3, -0.25) is 14.9 Å². The van der Waals surface area contributed by atoms with E-state index in [4.69, 9.17) is 9.51 Å². The highest BCUT2D eigenvalue weighted by Crippen LogP contribution is 2.33. The summed E-state index contributed by atoms with van der Waals surface area (Å²) in [7, 11) is 0. The molecule has 0 spiro atoms. The lowest BCUT2D eigenvalue weighted by Gasteiger charge is -2.31. The minimum atomic E-state index is -0.467. The van der Waals surface area contributed by atoms with Crippen LogP contribution in [0, 0.1) is 10.1 Å². The molecule has 1 saturated heterocycles. The second-order valence-electron chi connectivity index (χ2n) is 9.76. The zero-order valence-electron chi connectivity index (χ0n) is 22.7. The Balaban J connectivity index is 1.11. The van der Waals surface area contributed by atoms with Crippen molar-refractivity contribution in [2.75, 3.05) is 31.1 Å². The second kappa shape index (κ2) is 12.4. The van der Waals surface area contributed by atoms with Gasteiger partial charge in [0.2, 0.25) is 17.6 Å². The molecular formula is C29H32N6O4S. The van der Waals surface area contributed by atoms with Gasteiger partial charge in [0.1, 0.15) is 0 Å². The molecule has 2 aromatic heterocycles. The minimum Gasteiger partial charge on any atom is -0.372 e. The van der Waals surface area contributed by atoms with E-state index in [1.165, 1.54) is 17.8 Å². The van der Waals surface area contributed by atoms with Crippen LogP contribution in [0.4, 0.5) is 11.4 Å². The van der Waals surface area contributed by atoms with Gasteiger partial charge in [0.25, 0.3) is 5.69 Å². The van der Waals surface area contributed by atoms with Gasteiger partial charge in [-0.25, -0.2) is 4.98 Å². The van der Waals surface area contributed by atoms with Crippen LogP contribution in [-0.2, 0) is 11.2 Å². The van der Waals surface area contributed by atoms with Crippen LogP contribution in [0.25, 0.3) is 22.6 Å². The van der Waals surface area contributed by atoms with Gasteiger partial charge in [0.05, 0.1) is 15.6 Å². The number of hydrogen-bond donors (Lipinski definition) is 0. The topological polar surface area (TPSA) is 118 Å². The number of aromatic nitrogens is 3. The number of anilines is 1. The number of likely N-dealkylation sites (tertiary alicyclic amines) is 1. The molecule has 11 heteroatoms. The molecule has 10 nitrogen and oxygen atoms in total. The molecule has 1 fully saturated rings. The van der Waals surface area contributed by atoms with Crippen molar-refractivity contribution in [2.45, 2.75) is 45.4 Å². The largest absolute Gasteiger partial charge is 0.372 e. The molecule has 0 bridgehead atoms. The summed E-state index contributed by atoms with van der Waals surface area (Å²) < 4.78 is 5.29. The third-order valence-corrected chi connectivity index (χ3v) is 8.35. The standard InChI is InChI=1S/C29H32N6O4S/c1-3-33(4-2)23-10-8-20(9-11-23)25-19-40-29(30-25)21-14-16-34(17-15-21)27(36)13-12-26-31-28(32-39-26)22-6-5-7-24(18-22)35(37)38/h5-11,18-19,21H,3-4,12-17H2,1-2H3.